The average Bonchev–Trinajstić information content (AvgIpc) is 3.10. The summed E-state index contributed by atoms with van der Waals surface area (Å²) in [4.78, 5) is 40.3. The van der Waals surface area contributed by atoms with Crippen LogP contribution >= 0.6 is 34.7 Å². The van der Waals surface area contributed by atoms with Gasteiger partial charge in [-0.05, 0) is 36.2 Å². The van der Waals surface area contributed by atoms with Crippen LogP contribution in [0.5, 0.6) is 0 Å². The van der Waals surface area contributed by atoms with Crippen LogP contribution in [0, 0.1) is 0 Å². The maximum atomic E-state index is 12.5. The van der Waals surface area contributed by atoms with Crippen LogP contribution in [-0.2, 0) is 22.5 Å². The van der Waals surface area contributed by atoms with E-state index in [0.717, 1.165) is 15.3 Å². The molecule has 0 spiro atoms. The molecule has 0 saturated carbocycles. The molecule has 1 aromatic heterocycles. The van der Waals surface area contributed by atoms with E-state index in [1.54, 1.807) is 23.7 Å². The van der Waals surface area contributed by atoms with Gasteiger partial charge in [0.15, 0.2) is 0 Å². The zero-order valence-corrected chi connectivity index (χ0v) is 19.0. The van der Waals surface area contributed by atoms with Crippen molar-refractivity contribution in [3.05, 3.63) is 45.3 Å². The van der Waals surface area contributed by atoms with E-state index in [9.17, 15) is 14.4 Å². The molecule has 160 valence electrons. The predicted octanol–water partition coefficient (Wildman–Crippen LogP) is 4.01. The van der Waals surface area contributed by atoms with Gasteiger partial charge in [-0.1, -0.05) is 11.6 Å². The minimum atomic E-state index is -0.402. The molecule has 0 atom stereocenters. The molecule has 3 amide bonds. The largest absolute Gasteiger partial charge is 0.453 e. The smallest absolute Gasteiger partial charge is 0.409 e. The lowest BCUT2D eigenvalue weighted by Crippen LogP contribution is -2.35. The van der Waals surface area contributed by atoms with Crippen LogP contribution in [0.1, 0.15) is 27.2 Å². The quantitative estimate of drug-likeness (QED) is 0.627. The van der Waals surface area contributed by atoms with E-state index in [0.29, 0.717) is 47.3 Å². The predicted molar refractivity (Wildman–Crippen MR) is 120 cm³/mol. The Bertz CT molecular complexity index is 946. The zero-order valence-electron chi connectivity index (χ0n) is 16.6. The Morgan fingerprint density at radius 1 is 1.27 bits per heavy atom. The number of ether oxygens (including phenoxy) is 1. The van der Waals surface area contributed by atoms with Gasteiger partial charge in [0.1, 0.15) is 5.00 Å². The highest BCUT2D eigenvalue weighted by Gasteiger charge is 2.30. The summed E-state index contributed by atoms with van der Waals surface area (Å²) in [5, 5.41) is 6.72. The van der Waals surface area contributed by atoms with E-state index in [1.807, 2.05) is 24.3 Å². The molecule has 2 heterocycles. The standard InChI is InChI=1S/C20H22ClN3O4S2/c1-22-18(26)17-14-7-9-24(20(27)28-2)11-15(14)30-19(17)23-16(25)8-10-29-13-5-3-12(21)4-6-13/h3-6H,7-11H2,1-2H3,(H,22,26)(H,23,25). The van der Waals surface area contributed by atoms with Gasteiger partial charge >= 0.3 is 6.09 Å². The fourth-order valence-corrected chi connectivity index (χ4v) is 5.38. The van der Waals surface area contributed by atoms with Crippen LogP contribution in [-0.4, -0.2) is 49.3 Å². The fraction of sp³-hybridized carbons (Fsp3) is 0.350. The number of carbonyl (C=O) groups is 3. The van der Waals surface area contributed by atoms with Gasteiger partial charge < -0.3 is 20.3 Å². The van der Waals surface area contributed by atoms with Crippen molar-refractivity contribution in [3.63, 3.8) is 0 Å². The molecule has 0 fully saturated rings. The minimum Gasteiger partial charge on any atom is -0.453 e. The van der Waals surface area contributed by atoms with Crippen molar-refractivity contribution in [2.75, 3.05) is 31.8 Å². The van der Waals surface area contributed by atoms with Gasteiger partial charge in [0.05, 0.1) is 19.2 Å². The summed E-state index contributed by atoms with van der Waals surface area (Å²) in [5.41, 5.74) is 1.37. The van der Waals surface area contributed by atoms with Crippen LogP contribution in [0.4, 0.5) is 9.80 Å². The highest BCUT2D eigenvalue weighted by atomic mass is 35.5. The van der Waals surface area contributed by atoms with Crippen LogP contribution in [0.15, 0.2) is 29.2 Å². The van der Waals surface area contributed by atoms with E-state index >= 15 is 0 Å². The third kappa shape index (κ3) is 5.27. The first-order valence-corrected chi connectivity index (χ1v) is 11.5. The molecule has 1 aromatic carbocycles. The molecule has 7 nitrogen and oxygen atoms in total. The van der Waals surface area contributed by atoms with Crippen LogP contribution in [0.3, 0.4) is 0 Å². The van der Waals surface area contributed by atoms with Crippen molar-refractivity contribution in [3.8, 4) is 0 Å². The second-order valence-electron chi connectivity index (χ2n) is 6.53. The summed E-state index contributed by atoms with van der Waals surface area (Å²) in [6, 6.07) is 7.45. The number of nitrogens with zero attached hydrogens (tertiary/aromatic N) is 1. The van der Waals surface area contributed by atoms with Gasteiger partial charge in [0, 0.05) is 40.6 Å². The molecule has 0 radical (unpaired) electrons. The fourth-order valence-electron chi connectivity index (χ4n) is 3.12. The number of thiophene rings is 1. The number of methoxy groups -OCH3 is 1. The Kier molecular flexibility index (Phi) is 7.63. The Labute approximate surface area is 188 Å². The number of halogens is 1. The van der Waals surface area contributed by atoms with E-state index in [4.69, 9.17) is 16.3 Å². The summed E-state index contributed by atoms with van der Waals surface area (Å²) in [7, 11) is 2.90. The third-order valence-corrected chi connectivity index (χ3v) is 7.01. The number of hydrogen-bond acceptors (Lipinski definition) is 6. The van der Waals surface area contributed by atoms with E-state index < -0.39 is 6.09 Å². The maximum absolute atomic E-state index is 12.5. The molecule has 0 unspecified atom stereocenters. The Morgan fingerprint density at radius 3 is 2.67 bits per heavy atom. The van der Waals surface area contributed by atoms with E-state index in [2.05, 4.69) is 10.6 Å². The molecule has 2 N–H and O–H groups in total. The van der Waals surface area contributed by atoms with Gasteiger partial charge in [0.2, 0.25) is 5.91 Å². The summed E-state index contributed by atoms with van der Waals surface area (Å²) in [6.07, 6.45) is 0.434. The molecular weight excluding hydrogens is 446 g/mol. The highest BCUT2D eigenvalue weighted by Crippen LogP contribution is 2.37. The van der Waals surface area contributed by atoms with Gasteiger partial charge in [-0.15, -0.1) is 23.1 Å². The topological polar surface area (TPSA) is 87.7 Å². The second-order valence-corrected chi connectivity index (χ2v) is 9.24. The van der Waals surface area contributed by atoms with Crippen LogP contribution < -0.4 is 10.6 Å². The van der Waals surface area contributed by atoms with Crippen molar-refractivity contribution >= 4 is 57.6 Å². The van der Waals surface area contributed by atoms with Gasteiger partial charge in [0.25, 0.3) is 5.91 Å². The average molecular weight is 468 g/mol. The lowest BCUT2D eigenvalue weighted by atomic mass is 10.0. The maximum Gasteiger partial charge on any atom is 0.409 e. The first-order valence-electron chi connectivity index (χ1n) is 9.30. The minimum absolute atomic E-state index is 0.162. The number of thioether (sulfide) groups is 1. The lowest BCUT2D eigenvalue weighted by molar-refractivity contribution is -0.115. The van der Waals surface area contributed by atoms with Crippen molar-refractivity contribution in [1.29, 1.82) is 0 Å². The highest BCUT2D eigenvalue weighted by molar-refractivity contribution is 7.99. The Hall–Kier alpha value is -2.23. The van der Waals surface area contributed by atoms with Crippen molar-refractivity contribution < 1.29 is 19.1 Å². The normalized spacial score (nSPS) is 12.8. The van der Waals surface area contributed by atoms with Gasteiger partial charge in [-0.3, -0.25) is 9.59 Å². The number of hydrogen-bond donors (Lipinski definition) is 2. The Balaban J connectivity index is 1.68. The number of benzene rings is 1. The van der Waals surface area contributed by atoms with Crippen molar-refractivity contribution in [2.24, 2.45) is 0 Å². The molecule has 1 aliphatic rings. The van der Waals surface area contributed by atoms with E-state index in [-0.39, 0.29) is 11.8 Å². The molecule has 0 bridgehead atoms. The van der Waals surface area contributed by atoms with Gasteiger partial charge in [-0.25, -0.2) is 4.79 Å². The number of carbonyl (C=O) groups excluding carboxylic acids is 3. The number of nitrogens with one attached hydrogen (secondary N) is 2. The van der Waals surface area contributed by atoms with Crippen LogP contribution in [0.2, 0.25) is 5.02 Å². The summed E-state index contributed by atoms with van der Waals surface area (Å²) < 4.78 is 4.80. The molecule has 10 heteroatoms. The summed E-state index contributed by atoms with van der Waals surface area (Å²) in [5.74, 6) is 0.194. The van der Waals surface area contributed by atoms with E-state index in [1.165, 1.54) is 18.4 Å². The Morgan fingerprint density at radius 2 is 2.00 bits per heavy atom. The summed E-state index contributed by atoms with van der Waals surface area (Å²) in [6.45, 7) is 0.824. The van der Waals surface area contributed by atoms with Crippen molar-refractivity contribution in [1.82, 2.24) is 10.2 Å². The number of anilines is 1. The number of fused-ring (bicyclic) bond motifs is 1. The monoisotopic (exact) mass is 467 g/mol. The molecule has 2 aromatic rings. The van der Waals surface area contributed by atoms with Crippen LogP contribution in [0.25, 0.3) is 0 Å². The zero-order chi connectivity index (χ0) is 21.7. The van der Waals surface area contributed by atoms with Gasteiger partial charge in [-0.2, -0.15) is 0 Å². The lowest BCUT2D eigenvalue weighted by Gasteiger charge is -2.25. The number of rotatable bonds is 6. The third-order valence-electron chi connectivity index (χ3n) is 4.61. The molecule has 0 saturated heterocycles. The molecule has 3 rings (SSSR count). The first kappa shape index (κ1) is 22.5. The molecule has 1 aliphatic heterocycles. The molecule has 30 heavy (non-hydrogen) atoms. The van der Waals surface area contributed by atoms with Crippen molar-refractivity contribution in [2.45, 2.75) is 24.3 Å². The second kappa shape index (κ2) is 10.2. The molecule has 0 aliphatic carbocycles. The SMILES string of the molecule is CNC(=O)c1c(NC(=O)CCSc2ccc(Cl)cc2)sc2c1CCN(C(=O)OC)C2. The number of amides is 3. The first-order chi connectivity index (χ1) is 14.4. The summed E-state index contributed by atoms with van der Waals surface area (Å²) >= 11 is 8.78. The molecular formula is C20H22ClN3O4S2.